The summed E-state index contributed by atoms with van der Waals surface area (Å²) in [7, 11) is 0. The number of carboxylic acids is 1. The van der Waals surface area contributed by atoms with Crippen LogP contribution in [0.2, 0.25) is 0 Å². The second kappa shape index (κ2) is 6.60. The summed E-state index contributed by atoms with van der Waals surface area (Å²) in [6.45, 7) is 1.53. The Balaban J connectivity index is 2.18. The molecule has 0 aliphatic heterocycles. The maximum Gasteiger partial charge on any atom is 0.573 e. The maximum absolute atomic E-state index is 12.2. The Labute approximate surface area is 130 Å². The van der Waals surface area contributed by atoms with Crippen LogP contribution in [0.15, 0.2) is 48.5 Å². The predicted molar refractivity (Wildman–Crippen MR) is 75.7 cm³/mol. The van der Waals surface area contributed by atoms with E-state index in [4.69, 9.17) is 9.84 Å². The fourth-order valence-electron chi connectivity index (χ4n) is 1.86. The third-order valence-corrected chi connectivity index (χ3v) is 3.00. The number of aliphatic carboxylic acids is 1. The summed E-state index contributed by atoms with van der Waals surface area (Å²) >= 11 is 0. The van der Waals surface area contributed by atoms with Gasteiger partial charge in [0.05, 0.1) is 5.92 Å². The number of hydrogen-bond acceptors (Lipinski definition) is 3. The van der Waals surface area contributed by atoms with E-state index in [1.54, 1.807) is 18.2 Å². The van der Waals surface area contributed by atoms with Gasteiger partial charge in [-0.3, -0.25) is 4.79 Å². The molecular weight excluding hydrogens is 313 g/mol. The van der Waals surface area contributed by atoms with Crippen LogP contribution in [0, 0.1) is 0 Å². The third kappa shape index (κ3) is 4.91. The molecule has 1 unspecified atom stereocenters. The number of carbonyl (C=O) groups is 1. The molecule has 2 aromatic rings. The number of ether oxygens (including phenoxy) is 2. The Morgan fingerprint density at radius 1 is 1.04 bits per heavy atom. The van der Waals surface area contributed by atoms with Crippen molar-refractivity contribution in [3.05, 3.63) is 54.1 Å². The van der Waals surface area contributed by atoms with Gasteiger partial charge in [0.2, 0.25) is 0 Å². The minimum absolute atomic E-state index is 0.145. The van der Waals surface area contributed by atoms with E-state index in [-0.39, 0.29) is 5.75 Å². The van der Waals surface area contributed by atoms with Gasteiger partial charge < -0.3 is 14.6 Å². The average Bonchev–Trinajstić information content (AvgIpc) is 2.45. The van der Waals surface area contributed by atoms with Gasteiger partial charge in [0.15, 0.2) is 0 Å². The highest BCUT2D eigenvalue weighted by atomic mass is 19.4. The summed E-state index contributed by atoms with van der Waals surface area (Å²) in [5.41, 5.74) is 0.526. The number of alkyl halides is 3. The Bertz CT molecular complexity index is 698. The van der Waals surface area contributed by atoms with Crippen LogP contribution in [0.25, 0.3) is 0 Å². The van der Waals surface area contributed by atoms with Crippen LogP contribution >= 0.6 is 0 Å². The first-order chi connectivity index (χ1) is 10.7. The molecule has 1 atom stereocenters. The highest BCUT2D eigenvalue weighted by Gasteiger charge is 2.31. The van der Waals surface area contributed by atoms with Gasteiger partial charge in [-0.05, 0) is 36.8 Å². The van der Waals surface area contributed by atoms with Crippen LogP contribution in [0.1, 0.15) is 18.4 Å². The highest BCUT2D eigenvalue weighted by molar-refractivity contribution is 5.75. The smallest absolute Gasteiger partial charge is 0.481 e. The molecule has 0 heterocycles. The Morgan fingerprint density at radius 2 is 1.61 bits per heavy atom. The van der Waals surface area contributed by atoms with Gasteiger partial charge in [-0.2, -0.15) is 0 Å². The van der Waals surface area contributed by atoms with Crippen LogP contribution in [0.3, 0.4) is 0 Å². The third-order valence-electron chi connectivity index (χ3n) is 3.00. The molecule has 0 aromatic heterocycles. The van der Waals surface area contributed by atoms with Crippen molar-refractivity contribution in [3.8, 4) is 17.2 Å². The summed E-state index contributed by atoms with van der Waals surface area (Å²) in [6.07, 6.45) is -4.78. The van der Waals surface area contributed by atoms with Crippen LogP contribution in [-0.2, 0) is 4.79 Å². The van der Waals surface area contributed by atoms with E-state index in [1.807, 2.05) is 0 Å². The summed E-state index contributed by atoms with van der Waals surface area (Å²) in [5, 5.41) is 9.00. The van der Waals surface area contributed by atoms with Crippen molar-refractivity contribution in [1.29, 1.82) is 0 Å². The fraction of sp³-hybridized carbons (Fsp3) is 0.188. The molecule has 0 aliphatic rings. The number of benzene rings is 2. The normalized spacial score (nSPS) is 12.5. The topological polar surface area (TPSA) is 55.8 Å². The fourth-order valence-corrected chi connectivity index (χ4v) is 1.86. The van der Waals surface area contributed by atoms with Crippen LogP contribution < -0.4 is 9.47 Å². The Kier molecular flexibility index (Phi) is 4.78. The molecule has 2 rings (SSSR count). The number of carboxylic acid groups (broad SMARTS) is 1. The molecule has 0 fully saturated rings. The van der Waals surface area contributed by atoms with E-state index >= 15 is 0 Å². The molecule has 23 heavy (non-hydrogen) atoms. The Morgan fingerprint density at radius 3 is 2.22 bits per heavy atom. The zero-order chi connectivity index (χ0) is 17.0. The number of hydrogen-bond donors (Lipinski definition) is 1. The second-order valence-electron chi connectivity index (χ2n) is 4.76. The first-order valence-electron chi connectivity index (χ1n) is 6.61. The van der Waals surface area contributed by atoms with Crippen LogP contribution in [0.4, 0.5) is 13.2 Å². The first-order valence-corrected chi connectivity index (χ1v) is 6.61. The van der Waals surface area contributed by atoms with E-state index in [9.17, 15) is 18.0 Å². The number of halogens is 3. The van der Waals surface area contributed by atoms with Crippen molar-refractivity contribution in [2.45, 2.75) is 19.2 Å². The first kappa shape index (κ1) is 16.7. The lowest BCUT2D eigenvalue weighted by Gasteiger charge is -2.12. The van der Waals surface area contributed by atoms with Crippen molar-refractivity contribution >= 4 is 5.97 Å². The van der Waals surface area contributed by atoms with Crippen molar-refractivity contribution in [2.24, 2.45) is 0 Å². The molecule has 0 amide bonds. The van der Waals surface area contributed by atoms with Crippen molar-refractivity contribution in [1.82, 2.24) is 0 Å². The predicted octanol–water partition coefficient (Wildman–Crippen LogP) is 4.57. The van der Waals surface area contributed by atoms with E-state index in [1.165, 1.54) is 25.1 Å². The molecule has 4 nitrogen and oxygen atoms in total. The van der Waals surface area contributed by atoms with Gasteiger partial charge in [0, 0.05) is 6.07 Å². The van der Waals surface area contributed by atoms with Crippen molar-refractivity contribution < 1.29 is 32.5 Å². The van der Waals surface area contributed by atoms with Gasteiger partial charge in [0.1, 0.15) is 17.2 Å². The molecule has 0 bridgehead atoms. The lowest BCUT2D eigenvalue weighted by atomic mass is 10.0. The zero-order valence-electron chi connectivity index (χ0n) is 12.0. The molecule has 0 saturated carbocycles. The molecule has 2 aromatic carbocycles. The summed E-state index contributed by atoms with van der Waals surface area (Å²) < 4.78 is 45.9. The zero-order valence-corrected chi connectivity index (χ0v) is 12.0. The summed E-state index contributed by atoms with van der Waals surface area (Å²) in [5.74, 6) is -1.64. The molecule has 0 radical (unpaired) electrons. The monoisotopic (exact) mass is 326 g/mol. The van der Waals surface area contributed by atoms with Gasteiger partial charge in [0.25, 0.3) is 0 Å². The molecule has 1 N–H and O–H groups in total. The average molecular weight is 326 g/mol. The van der Waals surface area contributed by atoms with E-state index in [2.05, 4.69) is 4.74 Å². The van der Waals surface area contributed by atoms with Crippen LogP contribution in [0.5, 0.6) is 17.2 Å². The second-order valence-corrected chi connectivity index (χ2v) is 4.76. The van der Waals surface area contributed by atoms with Crippen LogP contribution in [-0.4, -0.2) is 17.4 Å². The Hall–Kier alpha value is -2.70. The molecular formula is C16H13F3O4. The van der Waals surface area contributed by atoms with Crippen molar-refractivity contribution in [3.63, 3.8) is 0 Å². The standard InChI is InChI=1S/C16H13F3O4/c1-10(15(20)21)11-4-2-5-12(8-11)22-13-6-3-7-14(9-13)23-16(17,18)19/h2-10H,1H3,(H,20,21). The summed E-state index contributed by atoms with van der Waals surface area (Å²) in [6, 6.07) is 11.4. The molecule has 0 spiro atoms. The molecule has 122 valence electrons. The van der Waals surface area contributed by atoms with E-state index < -0.39 is 24.0 Å². The van der Waals surface area contributed by atoms with Gasteiger partial charge >= 0.3 is 12.3 Å². The lowest BCUT2D eigenvalue weighted by Crippen LogP contribution is -2.17. The van der Waals surface area contributed by atoms with Crippen molar-refractivity contribution in [2.75, 3.05) is 0 Å². The van der Waals surface area contributed by atoms with Gasteiger partial charge in [-0.15, -0.1) is 13.2 Å². The van der Waals surface area contributed by atoms with E-state index in [0.29, 0.717) is 11.3 Å². The van der Waals surface area contributed by atoms with Gasteiger partial charge in [-0.25, -0.2) is 0 Å². The summed E-state index contributed by atoms with van der Waals surface area (Å²) in [4.78, 5) is 11.0. The quantitative estimate of drug-likeness (QED) is 0.875. The minimum atomic E-state index is -4.78. The molecule has 0 saturated heterocycles. The maximum atomic E-state index is 12.2. The van der Waals surface area contributed by atoms with Gasteiger partial charge in [-0.1, -0.05) is 18.2 Å². The SMILES string of the molecule is CC(C(=O)O)c1cccc(Oc2cccc(OC(F)(F)F)c2)c1. The highest BCUT2D eigenvalue weighted by Crippen LogP contribution is 2.30. The lowest BCUT2D eigenvalue weighted by molar-refractivity contribution is -0.274. The molecule has 7 heteroatoms. The largest absolute Gasteiger partial charge is 0.573 e. The number of rotatable bonds is 5. The van der Waals surface area contributed by atoms with E-state index in [0.717, 1.165) is 12.1 Å². The minimum Gasteiger partial charge on any atom is -0.481 e. The molecule has 0 aliphatic carbocycles.